The number of amides is 1. The molecular formula is C26H22F2N2O4. The summed E-state index contributed by atoms with van der Waals surface area (Å²) >= 11 is 0. The van der Waals surface area contributed by atoms with E-state index in [1.165, 1.54) is 24.5 Å². The molecule has 0 spiro atoms. The lowest BCUT2D eigenvalue weighted by Gasteiger charge is -2.25. The van der Waals surface area contributed by atoms with Crippen LogP contribution in [-0.4, -0.2) is 28.4 Å². The average molecular weight is 464 g/mol. The minimum absolute atomic E-state index is 0.240. The zero-order chi connectivity index (χ0) is 24.4. The van der Waals surface area contributed by atoms with Crippen molar-refractivity contribution in [2.45, 2.75) is 19.9 Å². The van der Waals surface area contributed by atoms with Gasteiger partial charge in [0.05, 0.1) is 23.9 Å². The Morgan fingerprint density at radius 2 is 1.74 bits per heavy atom. The van der Waals surface area contributed by atoms with E-state index >= 15 is 0 Å². The van der Waals surface area contributed by atoms with Gasteiger partial charge >= 0.3 is 0 Å². The van der Waals surface area contributed by atoms with Gasteiger partial charge < -0.3 is 9.84 Å². The van der Waals surface area contributed by atoms with Gasteiger partial charge in [-0.1, -0.05) is 13.8 Å². The number of rotatable bonds is 6. The number of Topliss-reactive ketones (excluding diaryl/α,β-unsaturated/α-hetero) is 1. The molecule has 1 aromatic heterocycles. The molecule has 2 heterocycles. The number of nitrogens with zero attached hydrogens (tertiary/aromatic N) is 2. The molecule has 6 nitrogen and oxygen atoms in total. The number of hydrogen-bond acceptors (Lipinski definition) is 5. The summed E-state index contributed by atoms with van der Waals surface area (Å²) in [5.41, 5.74) is 0.0288. The Labute approximate surface area is 195 Å². The van der Waals surface area contributed by atoms with Crippen LogP contribution in [-0.2, 0) is 9.59 Å². The Bertz CT molecular complexity index is 1260. The van der Waals surface area contributed by atoms with Crippen LogP contribution in [0.5, 0.6) is 5.75 Å². The molecule has 1 fully saturated rings. The van der Waals surface area contributed by atoms with Crippen molar-refractivity contribution in [3.05, 3.63) is 95.3 Å². The van der Waals surface area contributed by atoms with E-state index in [-0.39, 0.29) is 11.1 Å². The summed E-state index contributed by atoms with van der Waals surface area (Å²) in [4.78, 5) is 30.9. The zero-order valence-electron chi connectivity index (χ0n) is 18.5. The minimum atomic E-state index is -1.18. The van der Waals surface area contributed by atoms with Crippen LogP contribution in [0.15, 0.2) is 72.6 Å². The summed E-state index contributed by atoms with van der Waals surface area (Å²) in [6, 6.07) is 10.9. The molecule has 0 saturated carbocycles. The van der Waals surface area contributed by atoms with Gasteiger partial charge in [0.2, 0.25) is 0 Å². The second-order valence-corrected chi connectivity index (χ2v) is 8.27. The smallest absolute Gasteiger partial charge is 0.300 e. The number of anilines is 1. The van der Waals surface area contributed by atoms with Crippen LogP contribution >= 0.6 is 0 Å². The fraction of sp³-hybridized carbons (Fsp3) is 0.192. The molecule has 1 N–H and O–H groups in total. The number of benzene rings is 2. The number of ether oxygens (including phenoxy) is 1. The van der Waals surface area contributed by atoms with E-state index in [2.05, 4.69) is 4.98 Å². The molecule has 174 valence electrons. The van der Waals surface area contributed by atoms with Gasteiger partial charge in [-0.15, -0.1) is 0 Å². The van der Waals surface area contributed by atoms with Gasteiger partial charge in [0.1, 0.15) is 23.1 Å². The van der Waals surface area contributed by atoms with E-state index in [4.69, 9.17) is 4.74 Å². The van der Waals surface area contributed by atoms with Crippen LogP contribution in [0.1, 0.15) is 31.0 Å². The number of carbonyl (C=O) groups is 2. The summed E-state index contributed by atoms with van der Waals surface area (Å²) in [7, 11) is 0. The van der Waals surface area contributed by atoms with Crippen molar-refractivity contribution in [3.8, 4) is 5.75 Å². The summed E-state index contributed by atoms with van der Waals surface area (Å²) in [6.45, 7) is 4.54. The summed E-state index contributed by atoms with van der Waals surface area (Å²) in [5.74, 6) is -3.27. The Balaban J connectivity index is 1.83. The molecule has 1 aliphatic heterocycles. The number of aromatic nitrogens is 1. The molecule has 8 heteroatoms. The molecule has 0 aliphatic carbocycles. The van der Waals surface area contributed by atoms with E-state index in [1.807, 2.05) is 13.8 Å². The molecular weight excluding hydrogens is 442 g/mol. The number of halogens is 2. The molecule has 1 amide bonds. The van der Waals surface area contributed by atoms with Gasteiger partial charge in [-0.05, 0) is 60.0 Å². The monoisotopic (exact) mass is 464 g/mol. The van der Waals surface area contributed by atoms with Crippen LogP contribution in [0, 0.1) is 17.6 Å². The largest absolute Gasteiger partial charge is 0.507 e. The lowest BCUT2D eigenvalue weighted by Crippen LogP contribution is -2.30. The summed E-state index contributed by atoms with van der Waals surface area (Å²) in [5, 5.41) is 11.1. The van der Waals surface area contributed by atoms with Crippen molar-refractivity contribution < 1.29 is 28.2 Å². The Kier molecular flexibility index (Phi) is 6.40. The van der Waals surface area contributed by atoms with Crippen LogP contribution in [0.2, 0.25) is 0 Å². The fourth-order valence-corrected chi connectivity index (χ4v) is 3.74. The second-order valence-electron chi connectivity index (χ2n) is 8.27. The predicted molar refractivity (Wildman–Crippen MR) is 122 cm³/mol. The number of pyridine rings is 1. The van der Waals surface area contributed by atoms with Gasteiger partial charge in [-0.25, -0.2) is 8.78 Å². The van der Waals surface area contributed by atoms with E-state index in [0.29, 0.717) is 23.8 Å². The molecule has 1 unspecified atom stereocenters. The molecule has 4 rings (SSSR count). The van der Waals surface area contributed by atoms with E-state index < -0.39 is 40.8 Å². The second kappa shape index (κ2) is 9.43. The van der Waals surface area contributed by atoms with Gasteiger partial charge in [0.15, 0.2) is 0 Å². The maximum Gasteiger partial charge on any atom is 0.300 e. The van der Waals surface area contributed by atoms with Gasteiger partial charge in [-0.2, -0.15) is 0 Å². The first-order chi connectivity index (χ1) is 16.3. The summed E-state index contributed by atoms with van der Waals surface area (Å²) < 4.78 is 34.3. The predicted octanol–water partition coefficient (Wildman–Crippen LogP) is 5.02. The van der Waals surface area contributed by atoms with Gasteiger partial charge in [0.25, 0.3) is 11.7 Å². The first-order valence-electron chi connectivity index (χ1n) is 10.7. The SMILES string of the molecule is CC(C)COc1ccc(/C(O)=C2\C(=O)C(=O)N(c3cc(F)ccc3F)C2c2ccncc2)cc1. The molecule has 1 atom stereocenters. The van der Waals surface area contributed by atoms with E-state index in [1.54, 1.807) is 24.3 Å². The number of ketones is 1. The highest BCUT2D eigenvalue weighted by Gasteiger charge is 2.47. The number of aliphatic hydroxyl groups excluding tert-OH is 1. The highest BCUT2D eigenvalue weighted by Crippen LogP contribution is 2.43. The van der Waals surface area contributed by atoms with Gasteiger partial charge in [-0.3, -0.25) is 19.5 Å². The molecule has 34 heavy (non-hydrogen) atoms. The lowest BCUT2D eigenvalue weighted by atomic mass is 9.95. The quantitative estimate of drug-likeness (QED) is 0.315. The number of carbonyl (C=O) groups excluding carboxylic acids is 2. The van der Waals surface area contributed by atoms with Crippen molar-refractivity contribution in [1.82, 2.24) is 4.98 Å². The average Bonchev–Trinajstić information content (AvgIpc) is 3.10. The highest BCUT2D eigenvalue weighted by molar-refractivity contribution is 6.51. The molecule has 2 aromatic carbocycles. The maximum atomic E-state index is 14.7. The van der Waals surface area contributed by atoms with Gasteiger partial charge in [0, 0.05) is 24.0 Å². The first kappa shape index (κ1) is 23.1. The van der Waals surface area contributed by atoms with Crippen LogP contribution in [0.25, 0.3) is 5.76 Å². The van der Waals surface area contributed by atoms with Crippen molar-refractivity contribution >= 4 is 23.1 Å². The number of aliphatic hydroxyl groups is 1. The third-order valence-corrected chi connectivity index (χ3v) is 5.35. The molecule has 3 aromatic rings. The highest BCUT2D eigenvalue weighted by atomic mass is 19.1. The van der Waals surface area contributed by atoms with Crippen LogP contribution < -0.4 is 9.64 Å². The molecule has 0 radical (unpaired) electrons. The number of hydrogen-bond donors (Lipinski definition) is 1. The molecule has 1 aliphatic rings. The standard InChI is InChI=1S/C26H22F2N2O4/c1-15(2)14-34-19-6-3-17(4-7-19)24(31)22-23(16-9-11-29-12-10-16)30(26(33)25(22)32)21-13-18(27)5-8-20(21)28/h3-13,15,23,31H,14H2,1-2H3/b24-22+. The third kappa shape index (κ3) is 4.39. The third-order valence-electron chi connectivity index (χ3n) is 5.35. The Morgan fingerprint density at radius 3 is 2.38 bits per heavy atom. The Hall–Kier alpha value is -4.07. The maximum absolute atomic E-state index is 14.7. The van der Waals surface area contributed by atoms with Crippen LogP contribution in [0.4, 0.5) is 14.5 Å². The molecule has 1 saturated heterocycles. The first-order valence-corrected chi connectivity index (χ1v) is 10.7. The lowest BCUT2D eigenvalue weighted by molar-refractivity contribution is -0.132. The summed E-state index contributed by atoms with van der Waals surface area (Å²) in [6.07, 6.45) is 2.89. The van der Waals surface area contributed by atoms with Crippen molar-refractivity contribution in [3.63, 3.8) is 0 Å². The molecule has 0 bridgehead atoms. The zero-order valence-corrected chi connectivity index (χ0v) is 18.5. The topological polar surface area (TPSA) is 79.7 Å². The van der Waals surface area contributed by atoms with E-state index in [0.717, 1.165) is 23.1 Å². The fourth-order valence-electron chi connectivity index (χ4n) is 3.74. The Morgan fingerprint density at radius 1 is 1.06 bits per heavy atom. The van der Waals surface area contributed by atoms with Crippen molar-refractivity contribution in [1.29, 1.82) is 0 Å². The van der Waals surface area contributed by atoms with E-state index in [9.17, 15) is 23.5 Å². The minimum Gasteiger partial charge on any atom is -0.507 e. The van der Waals surface area contributed by atoms with Crippen molar-refractivity contribution in [2.24, 2.45) is 5.92 Å². The van der Waals surface area contributed by atoms with Crippen molar-refractivity contribution in [2.75, 3.05) is 11.5 Å². The normalized spacial score (nSPS) is 17.4. The van der Waals surface area contributed by atoms with Crippen LogP contribution in [0.3, 0.4) is 0 Å².